The SMILES string of the molecule is Cc1cc(Br)cc([N+](=O)[O-])c1OCC(C)(C)C(=O)O. The zero-order valence-corrected chi connectivity index (χ0v) is 12.4. The fraction of sp³-hybridized carbons (Fsp3) is 0.417. The van der Waals surface area contributed by atoms with Crippen molar-refractivity contribution < 1.29 is 19.6 Å². The van der Waals surface area contributed by atoms with Gasteiger partial charge in [-0.15, -0.1) is 0 Å². The van der Waals surface area contributed by atoms with E-state index in [1.54, 1.807) is 13.0 Å². The molecule has 0 fully saturated rings. The predicted octanol–water partition coefficient (Wildman–Crippen LogP) is 3.16. The summed E-state index contributed by atoms with van der Waals surface area (Å²) in [6, 6.07) is 3.01. The summed E-state index contributed by atoms with van der Waals surface area (Å²) < 4.78 is 5.94. The molecule has 104 valence electrons. The molecule has 1 N–H and O–H groups in total. The Morgan fingerprint density at radius 1 is 1.53 bits per heavy atom. The first-order chi connectivity index (χ1) is 8.65. The highest BCUT2D eigenvalue weighted by Crippen LogP contribution is 2.35. The maximum absolute atomic E-state index is 11.0. The Balaban J connectivity index is 3.08. The third-order valence-electron chi connectivity index (χ3n) is 2.57. The minimum Gasteiger partial charge on any atom is -0.485 e. The van der Waals surface area contributed by atoms with Gasteiger partial charge in [-0.25, -0.2) is 0 Å². The molecule has 0 aromatic heterocycles. The van der Waals surface area contributed by atoms with Gasteiger partial charge in [0, 0.05) is 10.5 Å². The fourth-order valence-corrected chi connectivity index (χ4v) is 1.91. The molecule has 6 nitrogen and oxygen atoms in total. The van der Waals surface area contributed by atoms with Crippen molar-refractivity contribution in [3.63, 3.8) is 0 Å². The van der Waals surface area contributed by atoms with Crippen molar-refractivity contribution in [2.45, 2.75) is 20.8 Å². The van der Waals surface area contributed by atoms with E-state index in [4.69, 9.17) is 9.84 Å². The number of halogens is 1. The molecule has 0 aliphatic carbocycles. The molecule has 0 unspecified atom stereocenters. The Labute approximate surface area is 118 Å². The second-order valence-electron chi connectivity index (χ2n) is 4.81. The topological polar surface area (TPSA) is 89.7 Å². The van der Waals surface area contributed by atoms with E-state index in [-0.39, 0.29) is 18.0 Å². The number of nitro benzene ring substituents is 1. The Morgan fingerprint density at radius 3 is 2.58 bits per heavy atom. The van der Waals surface area contributed by atoms with Gasteiger partial charge in [-0.3, -0.25) is 14.9 Å². The molecule has 0 amide bonds. The summed E-state index contributed by atoms with van der Waals surface area (Å²) in [5.41, 5.74) is -0.733. The minimum absolute atomic E-state index is 0.0996. The Morgan fingerprint density at radius 2 is 2.11 bits per heavy atom. The normalized spacial score (nSPS) is 11.2. The number of hydrogen-bond acceptors (Lipinski definition) is 4. The molecule has 0 radical (unpaired) electrons. The Bertz CT molecular complexity index is 527. The maximum atomic E-state index is 11.0. The van der Waals surface area contributed by atoms with Crippen molar-refractivity contribution in [3.05, 3.63) is 32.3 Å². The van der Waals surface area contributed by atoms with Gasteiger partial charge in [-0.2, -0.15) is 0 Å². The van der Waals surface area contributed by atoms with E-state index in [0.29, 0.717) is 10.0 Å². The molecule has 0 heterocycles. The number of aliphatic carboxylic acids is 1. The first-order valence-electron chi connectivity index (χ1n) is 5.46. The monoisotopic (exact) mass is 331 g/mol. The van der Waals surface area contributed by atoms with Gasteiger partial charge in [-0.05, 0) is 32.4 Å². The average Bonchev–Trinajstić information content (AvgIpc) is 2.26. The maximum Gasteiger partial charge on any atom is 0.312 e. The van der Waals surface area contributed by atoms with Crippen LogP contribution in [-0.4, -0.2) is 22.6 Å². The van der Waals surface area contributed by atoms with Crippen LogP contribution in [0.3, 0.4) is 0 Å². The number of nitro groups is 1. The molecule has 0 spiro atoms. The van der Waals surface area contributed by atoms with E-state index in [2.05, 4.69) is 15.9 Å². The number of carbonyl (C=O) groups is 1. The molecule has 0 bridgehead atoms. The van der Waals surface area contributed by atoms with Crippen molar-refractivity contribution in [3.8, 4) is 5.75 Å². The molecular weight excluding hydrogens is 318 g/mol. The summed E-state index contributed by atoms with van der Waals surface area (Å²) in [6.45, 7) is 4.51. The summed E-state index contributed by atoms with van der Waals surface area (Å²) in [6.07, 6.45) is 0. The zero-order valence-electron chi connectivity index (χ0n) is 10.8. The number of carboxylic acids is 1. The van der Waals surface area contributed by atoms with Gasteiger partial charge in [0.25, 0.3) is 0 Å². The molecule has 0 aliphatic rings. The second kappa shape index (κ2) is 5.56. The van der Waals surface area contributed by atoms with Crippen LogP contribution in [0.1, 0.15) is 19.4 Å². The van der Waals surface area contributed by atoms with Gasteiger partial charge in [-0.1, -0.05) is 15.9 Å². The quantitative estimate of drug-likeness (QED) is 0.661. The lowest BCUT2D eigenvalue weighted by atomic mass is 9.95. The van der Waals surface area contributed by atoms with E-state index in [0.717, 1.165) is 0 Å². The van der Waals surface area contributed by atoms with Crippen LogP contribution < -0.4 is 4.74 Å². The number of nitrogens with zero attached hydrogens (tertiary/aromatic N) is 1. The zero-order chi connectivity index (χ0) is 14.8. The summed E-state index contributed by atoms with van der Waals surface area (Å²) >= 11 is 3.18. The lowest BCUT2D eigenvalue weighted by molar-refractivity contribution is -0.386. The predicted molar refractivity (Wildman–Crippen MR) is 72.4 cm³/mol. The highest BCUT2D eigenvalue weighted by molar-refractivity contribution is 9.10. The van der Waals surface area contributed by atoms with Gasteiger partial charge in [0.05, 0.1) is 10.3 Å². The molecule has 0 saturated carbocycles. The summed E-state index contributed by atoms with van der Waals surface area (Å²) in [4.78, 5) is 21.4. The summed E-state index contributed by atoms with van der Waals surface area (Å²) in [7, 11) is 0. The molecule has 0 aliphatic heterocycles. The van der Waals surface area contributed by atoms with Crippen LogP contribution in [0.4, 0.5) is 5.69 Å². The van der Waals surface area contributed by atoms with Crippen molar-refractivity contribution in [1.82, 2.24) is 0 Å². The number of carboxylic acid groups (broad SMARTS) is 1. The van der Waals surface area contributed by atoms with Crippen LogP contribution in [0.5, 0.6) is 5.75 Å². The van der Waals surface area contributed by atoms with Gasteiger partial charge in [0.15, 0.2) is 5.75 Å². The molecule has 1 aromatic rings. The summed E-state index contributed by atoms with van der Waals surface area (Å²) in [5, 5.41) is 20.0. The van der Waals surface area contributed by atoms with Crippen LogP contribution in [0, 0.1) is 22.5 Å². The molecular formula is C12H14BrNO5. The first kappa shape index (κ1) is 15.4. The largest absolute Gasteiger partial charge is 0.485 e. The number of benzene rings is 1. The van der Waals surface area contributed by atoms with Gasteiger partial charge in [0.1, 0.15) is 6.61 Å². The Kier molecular flexibility index (Phi) is 4.52. The molecule has 1 aromatic carbocycles. The highest BCUT2D eigenvalue weighted by Gasteiger charge is 2.30. The van der Waals surface area contributed by atoms with Gasteiger partial charge < -0.3 is 9.84 Å². The first-order valence-corrected chi connectivity index (χ1v) is 6.25. The van der Waals surface area contributed by atoms with Crippen LogP contribution in [0.25, 0.3) is 0 Å². The van der Waals surface area contributed by atoms with Crippen molar-refractivity contribution >= 4 is 27.6 Å². The molecule has 0 saturated heterocycles. The number of ether oxygens (including phenoxy) is 1. The fourth-order valence-electron chi connectivity index (χ4n) is 1.35. The van der Waals surface area contributed by atoms with E-state index >= 15 is 0 Å². The Hall–Kier alpha value is -1.63. The molecule has 7 heteroatoms. The number of aryl methyl sites for hydroxylation is 1. The van der Waals surface area contributed by atoms with Crippen LogP contribution in [0.2, 0.25) is 0 Å². The van der Waals surface area contributed by atoms with E-state index < -0.39 is 16.3 Å². The van der Waals surface area contributed by atoms with Gasteiger partial charge >= 0.3 is 11.7 Å². The molecule has 0 atom stereocenters. The van der Waals surface area contributed by atoms with Crippen molar-refractivity contribution in [2.24, 2.45) is 5.41 Å². The number of rotatable bonds is 5. The standard InChI is InChI=1S/C12H14BrNO5/c1-7-4-8(13)5-9(14(17)18)10(7)19-6-12(2,3)11(15)16/h4-5H,6H2,1-3H3,(H,15,16). The lowest BCUT2D eigenvalue weighted by Gasteiger charge is -2.20. The molecule has 1 rings (SSSR count). The smallest absolute Gasteiger partial charge is 0.312 e. The third kappa shape index (κ3) is 3.66. The van der Waals surface area contributed by atoms with Crippen LogP contribution >= 0.6 is 15.9 Å². The van der Waals surface area contributed by atoms with Gasteiger partial charge in [0.2, 0.25) is 0 Å². The lowest BCUT2D eigenvalue weighted by Crippen LogP contribution is -2.30. The van der Waals surface area contributed by atoms with Crippen LogP contribution in [-0.2, 0) is 4.79 Å². The van der Waals surface area contributed by atoms with Crippen molar-refractivity contribution in [1.29, 1.82) is 0 Å². The van der Waals surface area contributed by atoms with Crippen molar-refractivity contribution in [2.75, 3.05) is 6.61 Å². The minimum atomic E-state index is -1.12. The molecule has 19 heavy (non-hydrogen) atoms. The summed E-state index contributed by atoms with van der Waals surface area (Å²) in [5.74, 6) is -0.924. The van der Waals surface area contributed by atoms with E-state index in [9.17, 15) is 14.9 Å². The van der Waals surface area contributed by atoms with E-state index in [1.165, 1.54) is 19.9 Å². The third-order valence-corrected chi connectivity index (χ3v) is 3.03. The van der Waals surface area contributed by atoms with E-state index in [1.807, 2.05) is 0 Å². The van der Waals surface area contributed by atoms with Crippen LogP contribution in [0.15, 0.2) is 16.6 Å². The second-order valence-corrected chi connectivity index (χ2v) is 5.72. The number of hydrogen-bond donors (Lipinski definition) is 1. The average molecular weight is 332 g/mol. The highest BCUT2D eigenvalue weighted by atomic mass is 79.9.